The third kappa shape index (κ3) is 2.94. The zero-order valence-electron chi connectivity index (χ0n) is 13.0. The lowest BCUT2D eigenvalue weighted by atomic mass is 9.79. The molecule has 0 aliphatic heterocycles. The highest BCUT2D eigenvalue weighted by molar-refractivity contribution is 6.32. The molecule has 124 valence electrons. The topological polar surface area (TPSA) is 43.4 Å². The van der Waals surface area contributed by atoms with Crippen LogP contribution in [0, 0.1) is 5.92 Å². The van der Waals surface area contributed by atoms with Gasteiger partial charge in [0.25, 0.3) is 0 Å². The van der Waals surface area contributed by atoms with Crippen molar-refractivity contribution in [3.8, 4) is 0 Å². The number of ether oxygens (including phenoxy) is 1. The Hall–Kier alpha value is -1.84. The Morgan fingerprint density at radius 3 is 2.08 bits per heavy atom. The number of rotatable bonds is 3. The fourth-order valence-electron chi connectivity index (χ4n) is 3.53. The van der Waals surface area contributed by atoms with Crippen molar-refractivity contribution < 1.29 is 14.3 Å². The number of halogens is 2. The molecule has 3 nitrogen and oxygen atoms in total. The Bertz CT molecular complexity index is 788. The summed E-state index contributed by atoms with van der Waals surface area (Å²) in [6.45, 7) is 0. The minimum atomic E-state index is -0.865. The van der Waals surface area contributed by atoms with Gasteiger partial charge >= 0.3 is 5.97 Å². The lowest BCUT2D eigenvalue weighted by Crippen LogP contribution is -2.26. The van der Waals surface area contributed by atoms with E-state index in [1.54, 1.807) is 12.1 Å². The summed E-state index contributed by atoms with van der Waals surface area (Å²) in [6.07, 6.45) is 0.236. The Morgan fingerprint density at radius 1 is 1.00 bits per heavy atom. The van der Waals surface area contributed by atoms with E-state index in [4.69, 9.17) is 27.9 Å². The summed E-state index contributed by atoms with van der Waals surface area (Å²) in [6, 6.07) is 14.7. The number of esters is 1. The van der Waals surface area contributed by atoms with Crippen molar-refractivity contribution in [2.24, 2.45) is 5.92 Å². The Labute approximate surface area is 150 Å². The Balaban J connectivity index is 2.15. The van der Waals surface area contributed by atoms with Gasteiger partial charge < -0.3 is 4.74 Å². The first-order valence-corrected chi connectivity index (χ1v) is 8.39. The number of Topliss-reactive ketones (excluding diaryl/α,β-unsaturated/α-hetero) is 1. The summed E-state index contributed by atoms with van der Waals surface area (Å²) >= 11 is 12.7. The second kappa shape index (κ2) is 6.96. The van der Waals surface area contributed by atoms with E-state index in [0.717, 1.165) is 11.1 Å². The largest absolute Gasteiger partial charge is 0.468 e. The van der Waals surface area contributed by atoms with Crippen LogP contribution in [0.25, 0.3) is 0 Å². The zero-order chi connectivity index (χ0) is 17.3. The van der Waals surface area contributed by atoms with E-state index in [1.165, 1.54) is 7.11 Å². The maximum absolute atomic E-state index is 12.6. The number of hydrogen-bond donors (Lipinski definition) is 0. The fraction of sp³-hybridized carbons (Fsp3) is 0.263. The third-order valence-electron chi connectivity index (χ3n) is 4.58. The molecule has 1 aliphatic carbocycles. The minimum absolute atomic E-state index is 0.142. The highest BCUT2D eigenvalue weighted by Gasteiger charge is 2.49. The van der Waals surface area contributed by atoms with Crippen LogP contribution in [0.5, 0.6) is 0 Å². The molecule has 0 saturated heterocycles. The summed E-state index contributed by atoms with van der Waals surface area (Å²) in [5.41, 5.74) is 1.62. The third-order valence-corrected chi connectivity index (χ3v) is 5.27. The van der Waals surface area contributed by atoms with E-state index >= 15 is 0 Å². The van der Waals surface area contributed by atoms with E-state index in [0.29, 0.717) is 10.0 Å². The van der Waals surface area contributed by atoms with Crippen molar-refractivity contribution in [2.45, 2.75) is 18.3 Å². The number of methoxy groups -OCH3 is 1. The van der Waals surface area contributed by atoms with Gasteiger partial charge in [-0.25, -0.2) is 0 Å². The molecule has 24 heavy (non-hydrogen) atoms. The van der Waals surface area contributed by atoms with E-state index in [2.05, 4.69) is 0 Å². The molecule has 2 aromatic rings. The van der Waals surface area contributed by atoms with Crippen molar-refractivity contribution in [3.63, 3.8) is 0 Å². The number of benzene rings is 2. The zero-order valence-corrected chi connectivity index (χ0v) is 14.6. The highest BCUT2D eigenvalue weighted by atomic mass is 35.5. The highest BCUT2D eigenvalue weighted by Crippen LogP contribution is 2.51. The van der Waals surface area contributed by atoms with Gasteiger partial charge in [-0.2, -0.15) is 0 Å². The summed E-state index contributed by atoms with van der Waals surface area (Å²) in [5.74, 6) is -2.14. The molecule has 0 heterocycles. The summed E-state index contributed by atoms with van der Waals surface area (Å²) in [7, 11) is 1.29. The van der Waals surface area contributed by atoms with Crippen molar-refractivity contribution in [1.82, 2.24) is 0 Å². The van der Waals surface area contributed by atoms with Crippen LogP contribution >= 0.6 is 23.2 Å². The van der Waals surface area contributed by atoms with Crippen LogP contribution in [-0.4, -0.2) is 18.9 Å². The maximum atomic E-state index is 12.6. The molecule has 0 amide bonds. The van der Waals surface area contributed by atoms with Gasteiger partial charge in [0, 0.05) is 28.3 Å². The van der Waals surface area contributed by atoms with Gasteiger partial charge in [-0.3, -0.25) is 9.59 Å². The molecule has 0 N–H and O–H groups in total. The van der Waals surface area contributed by atoms with Gasteiger partial charge in [0.2, 0.25) is 0 Å². The van der Waals surface area contributed by atoms with E-state index in [1.807, 2.05) is 36.4 Å². The van der Waals surface area contributed by atoms with Crippen LogP contribution < -0.4 is 0 Å². The first-order chi connectivity index (χ1) is 11.5. The van der Waals surface area contributed by atoms with Crippen LogP contribution in [0.15, 0.2) is 48.5 Å². The molecule has 3 unspecified atom stereocenters. The minimum Gasteiger partial charge on any atom is -0.468 e. The van der Waals surface area contributed by atoms with Crippen molar-refractivity contribution in [1.29, 1.82) is 0 Å². The molecule has 2 aromatic carbocycles. The predicted molar refractivity (Wildman–Crippen MR) is 93.5 cm³/mol. The van der Waals surface area contributed by atoms with Crippen LogP contribution in [0.2, 0.25) is 10.0 Å². The van der Waals surface area contributed by atoms with E-state index in [9.17, 15) is 9.59 Å². The average molecular weight is 363 g/mol. The number of ketones is 1. The lowest BCUT2D eigenvalue weighted by molar-refractivity contribution is -0.148. The first-order valence-electron chi connectivity index (χ1n) is 7.64. The molecule has 3 atom stereocenters. The predicted octanol–water partition coefficient (Wildman–Crippen LogP) is 4.62. The lowest BCUT2D eigenvalue weighted by Gasteiger charge is -2.25. The van der Waals surface area contributed by atoms with Crippen LogP contribution in [0.1, 0.15) is 29.4 Å². The molecule has 0 bridgehead atoms. The normalized spacial score (nSPS) is 23.3. The molecular weight excluding hydrogens is 347 g/mol. The molecule has 1 aliphatic rings. The maximum Gasteiger partial charge on any atom is 0.316 e. The second-order valence-electron chi connectivity index (χ2n) is 5.85. The molecule has 0 aromatic heterocycles. The standard InChI is InChI=1S/C19H16Cl2O3/c1-24-19(23)18-16(22)10-13(11-6-2-4-8-14(11)20)17(18)12-7-3-5-9-15(12)21/h2-9,13,17-18H,10H2,1H3. The summed E-state index contributed by atoms with van der Waals surface area (Å²) in [5, 5.41) is 1.11. The van der Waals surface area contributed by atoms with Crippen LogP contribution in [-0.2, 0) is 14.3 Å². The summed E-state index contributed by atoms with van der Waals surface area (Å²) < 4.78 is 4.87. The first kappa shape index (κ1) is 17.0. The SMILES string of the molecule is COC(=O)C1C(=O)CC(c2ccccc2Cl)C1c1ccccc1Cl. The molecular formula is C19H16Cl2O3. The van der Waals surface area contributed by atoms with Gasteiger partial charge in [0.05, 0.1) is 7.11 Å². The number of carbonyl (C=O) groups excluding carboxylic acids is 2. The number of hydrogen-bond acceptors (Lipinski definition) is 3. The smallest absolute Gasteiger partial charge is 0.316 e. The van der Waals surface area contributed by atoms with Crippen molar-refractivity contribution in [3.05, 3.63) is 69.7 Å². The van der Waals surface area contributed by atoms with Gasteiger partial charge in [-0.05, 0) is 23.3 Å². The molecule has 5 heteroatoms. The van der Waals surface area contributed by atoms with Gasteiger partial charge in [-0.1, -0.05) is 59.6 Å². The molecule has 0 radical (unpaired) electrons. The fourth-order valence-corrected chi connectivity index (χ4v) is 4.07. The van der Waals surface area contributed by atoms with Gasteiger partial charge in [-0.15, -0.1) is 0 Å². The average Bonchev–Trinajstić information content (AvgIpc) is 2.92. The molecule has 1 fully saturated rings. The van der Waals surface area contributed by atoms with E-state index < -0.39 is 17.8 Å². The monoisotopic (exact) mass is 362 g/mol. The van der Waals surface area contributed by atoms with E-state index in [-0.39, 0.29) is 18.1 Å². The quantitative estimate of drug-likeness (QED) is 0.590. The summed E-state index contributed by atoms with van der Waals surface area (Å²) in [4.78, 5) is 24.8. The van der Waals surface area contributed by atoms with Gasteiger partial charge in [0.15, 0.2) is 0 Å². The van der Waals surface area contributed by atoms with Gasteiger partial charge in [0.1, 0.15) is 11.7 Å². The van der Waals surface area contributed by atoms with Crippen molar-refractivity contribution in [2.75, 3.05) is 7.11 Å². The molecule has 1 saturated carbocycles. The number of carbonyl (C=O) groups is 2. The second-order valence-corrected chi connectivity index (χ2v) is 6.66. The van der Waals surface area contributed by atoms with Crippen molar-refractivity contribution >= 4 is 35.0 Å². The Kier molecular flexibility index (Phi) is 4.93. The Morgan fingerprint density at radius 2 is 1.54 bits per heavy atom. The van der Waals surface area contributed by atoms with Crippen LogP contribution in [0.4, 0.5) is 0 Å². The molecule has 0 spiro atoms. The van der Waals surface area contributed by atoms with Crippen LogP contribution in [0.3, 0.4) is 0 Å². The molecule has 3 rings (SSSR count).